The van der Waals surface area contributed by atoms with Crippen molar-refractivity contribution >= 4 is 0 Å². The summed E-state index contributed by atoms with van der Waals surface area (Å²) in [4.78, 5) is 0. The second kappa shape index (κ2) is 10.9. The lowest BCUT2D eigenvalue weighted by Crippen LogP contribution is -2.34. The summed E-state index contributed by atoms with van der Waals surface area (Å²) in [6.45, 7) is 7.76. The Morgan fingerprint density at radius 2 is 1.93 bits per heavy atom. The van der Waals surface area contributed by atoms with E-state index in [1.54, 1.807) is 0 Å². The maximum atomic E-state index is 8.78. The monoisotopic (exact) mass is 205 g/mol. The fraction of sp³-hybridized carbons (Fsp3) is 1.00. The Hall–Kier alpha value is -0.160. The Balaban J connectivity index is 3.30. The summed E-state index contributed by atoms with van der Waals surface area (Å²) in [5.74, 6) is 0. The van der Waals surface area contributed by atoms with Gasteiger partial charge in [-0.05, 0) is 19.9 Å². The van der Waals surface area contributed by atoms with Crippen LogP contribution in [0.25, 0.3) is 0 Å². The van der Waals surface area contributed by atoms with E-state index in [0.29, 0.717) is 19.8 Å². The molecule has 0 fully saturated rings. The van der Waals surface area contributed by atoms with Gasteiger partial charge in [0.15, 0.2) is 0 Å². The van der Waals surface area contributed by atoms with Crippen molar-refractivity contribution in [3.8, 4) is 0 Å². The van der Waals surface area contributed by atoms with Crippen molar-refractivity contribution in [1.82, 2.24) is 5.32 Å². The van der Waals surface area contributed by atoms with E-state index in [0.717, 1.165) is 19.6 Å². The lowest BCUT2D eigenvalue weighted by molar-refractivity contribution is 0.0407. The third-order valence-corrected chi connectivity index (χ3v) is 1.87. The van der Waals surface area contributed by atoms with E-state index in [4.69, 9.17) is 14.6 Å². The Kier molecular flexibility index (Phi) is 10.8. The lowest BCUT2D eigenvalue weighted by Gasteiger charge is -2.16. The third kappa shape index (κ3) is 8.44. The Morgan fingerprint density at radius 1 is 1.21 bits per heavy atom. The van der Waals surface area contributed by atoms with Crippen LogP contribution in [0.5, 0.6) is 0 Å². The number of nitrogens with one attached hydrogen (secondary N) is 1. The fourth-order valence-corrected chi connectivity index (χ4v) is 1.18. The number of ether oxygens (including phenoxy) is 2. The van der Waals surface area contributed by atoms with E-state index in [2.05, 4.69) is 5.32 Å². The number of hydrogen-bond donors (Lipinski definition) is 2. The quantitative estimate of drug-likeness (QED) is 0.507. The van der Waals surface area contributed by atoms with Gasteiger partial charge in [0.1, 0.15) is 0 Å². The first-order chi connectivity index (χ1) is 6.85. The molecular formula is C10H23NO3. The zero-order chi connectivity index (χ0) is 10.6. The number of likely N-dealkylation sites (N-methyl/N-ethyl adjacent to an activating group) is 1. The molecule has 14 heavy (non-hydrogen) atoms. The molecule has 0 aliphatic rings. The second-order valence-corrected chi connectivity index (χ2v) is 3.04. The van der Waals surface area contributed by atoms with Gasteiger partial charge in [-0.25, -0.2) is 0 Å². The van der Waals surface area contributed by atoms with Gasteiger partial charge in [-0.15, -0.1) is 0 Å². The van der Waals surface area contributed by atoms with Crippen LogP contribution >= 0.6 is 0 Å². The maximum Gasteiger partial charge on any atom is 0.0701 e. The molecule has 0 aliphatic heterocycles. The van der Waals surface area contributed by atoms with E-state index in [-0.39, 0.29) is 12.6 Å². The number of aliphatic hydroxyl groups is 1. The highest BCUT2D eigenvalue weighted by molar-refractivity contribution is 4.63. The van der Waals surface area contributed by atoms with Crippen LogP contribution in [0, 0.1) is 0 Å². The topological polar surface area (TPSA) is 50.7 Å². The van der Waals surface area contributed by atoms with Gasteiger partial charge >= 0.3 is 0 Å². The van der Waals surface area contributed by atoms with Gasteiger partial charge in [0.05, 0.1) is 19.8 Å². The molecule has 0 saturated carbocycles. The predicted molar refractivity (Wildman–Crippen MR) is 56.5 cm³/mol. The molecule has 0 amide bonds. The van der Waals surface area contributed by atoms with Gasteiger partial charge in [-0.1, -0.05) is 6.92 Å². The summed E-state index contributed by atoms with van der Waals surface area (Å²) in [6.07, 6.45) is 0.739. The smallest absolute Gasteiger partial charge is 0.0701 e. The van der Waals surface area contributed by atoms with Gasteiger partial charge in [0.2, 0.25) is 0 Å². The standard InChI is InChI=1S/C10H23NO3/c1-3-11-10(5-6-12)9-14-8-7-13-4-2/h10-12H,3-9H2,1-2H3. The highest BCUT2D eigenvalue weighted by Crippen LogP contribution is 1.92. The molecule has 4 nitrogen and oxygen atoms in total. The van der Waals surface area contributed by atoms with Crippen LogP contribution in [-0.4, -0.2) is 50.7 Å². The molecule has 0 aromatic heterocycles. The molecule has 4 heteroatoms. The summed E-state index contributed by atoms with van der Waals surface area (Å²) < 4.78 is 10.5. The summed E-state index contributed by atoms with van der Waals surface area (Å²) in [7, 11) is 0. The SMILES string of the molecule is CCNC(CCO)COCCOCC. The summed E-state index contributed by atoms with van der Waals surface area (Å²) >= 11 is 0. The van der Waals surface area contributed by atoms with Crippen molar-refractivity contribution in [2.24, 2.45) is 0 Å². The number of hydrogen-bond acceptors (Lipinski definition) is 4. The van der Waals surface area contributed by atoms with Crippen LogP contribution in [0.4, 0.5) is 0 Å². The molecule has 0 saturated heterocycles. The highest BCUT2D eigenvalue weighted by atomic mass is 16.5. The molecule has 0 heterocycles. The van der Waals surface area contributed by atoms with Gasteiger partial charge in [-0.3, -0.25) is 0 Å². The highest BCUT2D eigenvalue weighted by Gasteiger charge is 2.05. The Bertz CT molecular complexity index is 106. The summed E-state index contributed by atoms with van der Waals surface area (Å²) in [5.41, 5.74) is 0. The van der Waals surface area contributed by atoms with Crippen LogP contribution in [-0.2, 0) is 9.47 Å². The van der Waals surface area contributed by atoms with Crippen LogP contribution < -0.4 is 5.32 Å². The maximum absolute atomic E-state index is 8.78. The fourth-order valence-electron chi connectivity index (χ4n) is 1.18. The average molecular weight is 205 g/mol. The molecule has 0 aliphatic carbocycles. The molecule has 0 rings (SSSR count). The minimum atomic E-state index is 0.201. The van der Waals surface area contributed by atoms with Crippen LogP contribution in [0.2, 0.25) is 0 Å². The Morgan fingerprint density at radius 3 is 2.50 bits per heavy atom. The normalized spacial score (nSPS) is 13.1. The number of rotatable bonds is 10. The van der Waals surface area contributed by atoms with Gasteiger partial charge in [-0.2, -0.15) is 0 Å². The van der Waals surface area contributed by atoms with Crippen molar-refractivity contribution in [3.63, 3.8) is 0 Å². The van der Waals surface area contributed by atoms with E-state index < -0.39 is 0 Å². The van der Waals surface area contributed by atoms with E-state index >= 15 is 0 Å². The zero-order valence-electron chi connectivity index (χ0n) is 9.29. The number of aliphatic hydroxyl groups excluding tert-OH is 1. The first-order valence-electron chi connectivity index (χ1n) is 5.34. The summed E-state index contributed by atoms with van der Waals surface area (Å²) in [6, 6.07) is 0.256. The predicted octanol–water partition coefficient (Wildman–Crippen LogP) is 0.400. The average Bonchev–Trinajstić information content (AvgIpc) is 2.18. The Labute approximate surface area is 86.6 Å². The molecule has 1 unspecified atom stereocenters. The molecule has 2 N–H and O–H groups in total. The second-order valence-electron chi connectivity index (χ2n) is 3.04. The molecular weight excluding hydrogens is 182 g/mol. The van der Waals surface area contributed by atoms with E-state index in [9.17, 15) is 0 Å². The molecule has 0 bridgehead atoms. The minimum Gasteiger partial charge on any atom is -0.396 e. The van der Waals surface area contributed by atoms with Crippen LogP contribution in [0.15, 0.2) is 0 Å². The largest absolute Gasteiger partial charge is 0.396 e. The van der Waals surface area contributed by atoms with Crippen molar-refractivity contribution in [2.75, 3.05) is 39.6 Å². The van der Waals surface area contributed by atoms with E-state index in [1.165, 1.54) is 0 Å². The van der Waals surface area contributed by atoms with Crippen LogP contribution in [0.1, 0.15) is 20.3 Å². The zero-order valence-corrected chi connectivity index (χ0v) is 9.29. The molecule has 0 aromatic rings. The van der Waals surface area contributed by atoms with Crippen molar-refractivity contribution < 1.29 is 14.6 Å². The first-order valence-corrected chi connectivity index (χ1v) is 5.34. The first kappa shape index (κ1) is 13.8. The minimum absolute atomic E-state index is 0.201. The van der Waals surface area contributed by atoms with Crippen molar-refractivity contribution in [3.05, 3.63) is 0 Å². The molecule has 0 radical (unpaired) electrons. The van der Waals surface area contributed by atoms with Crippen molar-refractivity contribution in [2.45, 2.75) is 26.3 Å². The van der Waals surface area contributed by atoms with Gasteiger partial charge in [0.25, 0.3) is 0 Å². The molecule has 0 spiro atoms. The van der Waals surface area contributed by atoms with Gasteiger partial charge in [0, 0.05) is 19.3 Å². The molecule has 1 atom stereocenters. The molecule has 0 aromatic carbocycles. The van der Waals surface area contributed by atoms with Crippen molar-refractivity contribution in [1.29, 1.82) is 0 Å². The molecule has 86 valence electrons. The van der Waals surface area contributed by atoms with E-state index in [1.807, 2.05) is 13.8 Å². The lowest BCUT2D eigenvalue weighted by atomic mass is 10.2. The third-order valence-electron chi connectivity index (χ3n) is 1.87. The van der Waals surface area contributed by atoms with Gasteiger partial charge < -0.3 is 19.9 Å². The summed E-state index contributed by atoms with van der Waals surface area (Å²) in [5, 5.41) is 12.0. The van der Waals surface area contributed by atoms with Crippen LogP contribution in [0.3, 0.4) is 0 Å².